The molecule has 1 saturated heterocycles. The van der Waals surface area contributed by atoms with Gasteiger partial charge in [0, 0.05) is 38.9 Å². The van der Waals surface area contributed by atoms with Gasteiger partial charge in [0.2, 0.25) is 0 Å². The molecule has 5 nitrogen and oxygen atoms in total. The molecule has 0 spiro atoms. The molecule has 0 radical (unpaired) electrons. The lowest BCUT2D eigenvalue weighted by Crippen LogP contribution is -2.52. The van der Waals surface area contributed by atoms with E-state index in [-0.39, 0.29) is 11.4 Å². The van der Waals surface area contributed by atoms with Crippen molar-refractivity contribution in [3.05, 3.63) is 58.7 Å². The highest BCUT2D eigenvalue weighted by Crippen LogP contribution is 2.23. The highest BCUT2D eigenvalue weighted by Gasteiger charge is 2.22. The summed E-state index contributed by atoms with van der Waals surface area (Å²) in [5.41, 5.74) is 2.73. The average molecular weight is 401 g/mol. The second-order valence-corrected chi connectivity index (χ2v) is 8.62. The van der Waals surface area contributed by atoms with Crippen LogP contribution in [0.1, 0.15) is 31.9 Å². The molecule has 0 atom stereocenters. The van der Waals surface area contributed by atoms with Crippen molar-refractivity contribution in [2.45, 2.75) is 32.6 Å². The summed E-state index contributed by atoms with van der Waals surface area (Å²) in [7, 11) is 0. The van der Waals surface area contributed by atoms with Crippen molar-refractivity contribution in [3.8, 4) is 0 Å². The number of nitrogens with one attached hydrogen (secondary N) is 1. The third-order valence-electron chi connectivity index (χ3n) is 5.12. The van der Waals surface area contributed by atoms with Crippen molar-refractivity contribution in [3.63, 3.8) is 0 Å². The lowest BCUT2D eigenvalue weighted by Gasteiger charge is -2.35. The number of nitrogens with zero attached hydrogens (tertiary/aromatic N) is 3. The van der Waals surface area contributed by atoms with Crippen LogP contribution in [0.4, 0.5) is 10.6 Å². The minimum atomic E-state index is -0.00178. The van der Waals surface area contributed by atoms with E-state index in [1.165, 1.54) is 11.1 Å². The fourth-order valence-corrected chi connectivity index (χ4v) is 3.57. The zero-order chi connectivity index (χ0) is 20.1. The first kappa shape index (κ1) is 20.5. The number of aromatic nitrogens is 1. The van der Waals surface area contributed by atoms with Crippen molar-refractivity contribution in [2.75, 3.05) is 37.6 Å². The van der Waals surface area contributed by atoms with Crippen LogP contribution in [0.15, 0.2) is 42.6 Å². The first-order valence-electron chi connectivity index (χ1n) is 9.82. The van der Waals surface area contributed by atoms with Crippen molar-refractivity contribution in [1.29, 1.82) is 0 Å². The number of amides is 2. The molecule has 1 aromatic heterocycles. The number of halogens is 1. The van der Waals surface area contributed by atoms with Gasteiger partial charge in [-0.15, -0.1) is 0 Å². The van der Waals surface area contributed by atoms with Crippen LogP contribution >= 0.6 is 11.6 Å². The van der Waals surface area contributed by atoms with Gasteiger partial charge in [-0.1, -0.05) is 56.6 Å². The molecule has 1 N–H and O–H groups in total. The molecule has 150 valence electrons. The van der Waals surface area contributed by atoms with Crippen LogP contribution in [0.25, 0.3) is 0 Å². The zero-order valence-corrected chi connectivity index (χ0v) is 17.7. The highest BCUT2D eigenvalue weighted by atomic mass is 35.5. The lowest BCUT2D eigenvalue weighted by molar-refractivity contribution is 0.194. The van der Waals surface area contributed by atoms with Gasteiger partial charge in [-0.05, 0) is 35.1 Å². The fourth-order valence-electron chi connectivity index (χ4n) is 3.33. The Morgan fingerprint density at radius 3 is 2.39 bits per heavy atom. The van der Waals surface area contributed by atoms with Crippen molar-refractivity contribution >= 4 is 23.4 Å². The maximum Gasteiger partial charge on any atom is 0.317 e. The minimum Gasteiger partial charge on any atom is -0.352 e. The van der Waals surface area contributed by atoms with Gasteiger partial charge >= 0.3 is 6.03 Å². The third kappa shape index (κ3) is 5.16. The topological polar surface area (TPSA) is 48.5 Å². The lowest BCUT2D eigenvalue weighted by atomic mass is 9.86. The molecule has 1 aliphatic rings. The summed E-state index contributed by atoms with van der Waals surface area (Å²) in [6.07, 6.45) is 2.58. The number of rotatable bonds is 4. The van der Waals surface area contributed by atoms with Gasteiger partial charge in [0.1, 0.15) is 5.82 Å². The SMILES string of the molecule is CC(C)(C)c1ccc(CCNC(=O)N2CCN(c3ncccc3Cl)CC2)cc1. The normalized spacial score (nSPS) is 14.9. The third-order valence-corrected chi connectivity index (χ3v) is 5.41. The maximum absolute atomic E-state index is 12.4. The monoisotopic (exact) mass is 400 g/mol. The molecule has 0 bridgehead atoms. The van der Waals surface area contributed by atoms with Crippen LogP contribution in [-0.2, 0) is 11.8 Å². The molecule has 6 heteroatoms. The second kappa shape index (κ2) is 8.82. The Kier molecular flexibility index (Phi) is 6.45. The number of hydrogen-bond acceptors (Lipinski definition) is 3. The summed E-state index contributed by atoms with van der Waals surface area (Å²) in [6, 6.07) is 12.3. The molecule has 1 aromatic carbocycles. The van der Waals surface area contributed by atoms with Crippen LogP contribution in [0.2, 0.25) is 5.02 Å². The quantitative estimate of drug-likeness (QED) is 0.840. The summed E-state index contributed by atoms with van der Waals surface area (Å²) >= 11 is 6.22. The molecule has 0 unspecified atom stereocenters. The molecule has 0 saturated carbocycles. The van der Waals surface area contributed by atoms with E-state index in [1.54, 1.807) is 6.20 Å². The summed E-state index contributed by atoms with van der Waals surface area (Å²) in [6.45, 7) is 10.1. The molecule has 2 heterocycles. The van der Waals surface area contributed by atoms with Gasteiger partial charge in [-0.25, -0.2) is 9.78 Å². The number of pyridine rings is 1. The molecular formula is C22H29ClN4O. The van der Waals surface area contributed by atoms with Crippen molar-refractivity contribution in [2.24, 2.45) is 0 Å². The zero-order valence-electron chi connectivity index (χ0n) is 16.9. The van der Waals surface area contributed by atoms with E-state index in [4.69, 9.17) is 11.6 Å². The van der Waals surface area contributed by atoms with Gasteiger partial charge < -0.3 is 15.1 Å². The summed E-state index contributed by atoms with van der Waals surface area (Å²) in [4.78, 5) is 20.8. The Balaban J connectivity index is 1.43. The van der Waals surface area contributed by atoms with Crippen LogP contribution in [-0.4, -0.2) is 48.6 Å². The van der Waals surface area contributed by atoms with Crippen LogP contribution < -0.4 is 10.2 Å². The van der Waals surface area contributed by atoms with Crippen molar-refractivity contribution < 1.29 is 4.79 Å². The molecule has 28 heavy (non-hydrogen) atoms. The number of piperazine rings is 1. The highest BCUT2D eigenvalue weighted by molar-refractivity contribution is 6.32. The van der Waals surface area contributed by atoms with E-state index >= 15 is 0 Å². The van der Waals surface area contributed by atoms with E-state index in [0.29, 0.717) is 24.7 Å². The van der Waals surface area contributed by atoms with Gasteiger partial charge in [0.25, 0.3) is 0 Å². The van der Waals surface area contributed by atoms with E-state index in [2.05, 4.69) is 60.2 Å². The van der Waals surface area contributed by atoms with Crippen LogP contribution in [0.3, 0.4) is 0 Å². The van der Waals surface area contributed by atoms with E-state index in [0.717, 1.165) is 25.3 Å². The number of anilines is 1. The summed E-state index contributed by atoms with van der Waals surface area (Å²) in [5.74, 6) is 0.794. The molecule has 2 aromatic rings. The van der Waals surface area contributed by atoms with Gasteiger partial charge in [0.15, 0.2) is 0 Å². The van der Waals surface area contributed by atoms with E-state index in [9.17, 15) is 4.79 Å². The Labute approximate surface area is 172 Å². The Bertz CT molecular complexity index is 793. The number of benzene rings is 1. The van der Waals surface area contributed by atoms with E-state index in [1.807, 2.05) is 17.0 Å². The number of carbonyl (C=O) groups excluding carboxylic acids is 1. The molecular weight excluding hydrogens is 372 g/mol. The molecule has 1 fully saturated rings. The van der Waals surface area contributed by atoms with Crippen LogP contribution in [0, 0.1) is 0 Å². The number of hydrogen-bond donors (Lipinski definition) is 1. The molecule has 1 aliphatic heterocycles. The Morgan fingerprint density at radius 2 is 1.79 bits per heavy atom. The Hall–Kier alpha value is -2.27. The molecule has 2 amide bonds. The Morgan fingerprint density at radius 1 is 1.11 bits per heavy atom. The van der Waals surface area contributed by atoms with Crippen LogP contribution in [0.5, 0.6) is 0 Å². The van der Waals surface area contributed by atoms with Crippen molar-refractivity contribution in [1.82, 2.24) is 15.2 Å². The van der Waals surface area contributed by atoms with Gasteiger partial charge in [-0.3, -0.25) is 0 Å². The predicted molar refractivity (Wildman–Crippen MR) is 115 cm³/mol. The van der Waals surface area contributed by atoms with Gasteiger partial charge in [-0.2, -0.15) is 0 Å². The summed E-state index contributed by atoms with van der Waals surface area (Å²) < 4.78 is 0. The predicted octanol–water partition coefficient (Wildman–Crippen LogP) is 4.11. The van der Waals surface area contributed by atoms with Gasteiger partial charge in [0.05, 0.1) is 5.02 Å². The largest absolute Gasteiger partial charge is 0.352 e. The summed E-state index contributed by atoms with van der Waals surface area (Å²) in [5, 5.41) is 3.69. The number of carbonyl (C=O) groups is 1. The average Bonchev–Trinajstić information content (AvgIpc) is 2.68. The standard InChI is InChI=1S/C22H29ClN4O/c1-22(2,3)18-8-6-17(7-9-18)10-12-25-21(28)27-15-13-26(14-16-27)20-19(23)5-4-11-24-20/h4-9,11H,10,12-16H2,1-3H3,(H,25,28). The minimum absolute atomic E-state index is 0.00178. The smallest absolute Gasteiger partial charge is 0.317 e. The van der Waals surface area contributed by atoms with E-state index < -0.39 is 0 Å². The molecule has 0 aliphatic carbocycles. The fraction of sp³-hybridized carbons (Fsp3) is 0.455. The number of urea groups is 1. The first-order valence-corrected chi connectivity index (χ1v) is 10.2. The maximum atomic E-state index is 12.4. The first-order chi connectivity index (χ1) is 13.3. The second-order valence-electron chi connectivity index (χ2n) is 8.21. The molecule has 3 rings (SSSR count).